The van der Waals surface area contributed by atoms with Gasteiger partial charge in [0, 0.05) is 45.4 Å². The van der Waals surface area contributed by atoms with Crippen LogP contribution in [0.4, 0.5) is 0 Å². The van der Waals surface area contributed by atoms with Gasteiger partial charge in [-0.15, -0.1) is 5.10 Å². The van der Waals surface area contributed by atoms with Crippen molar-refractivity contribution < 1.29 is 9.47 Å². The molecule has 0 amide bonds. The maximum Gasteiger partial charge on any atom is 0.173 e. The summed E-state index contributed by atoms with van der Waals surface area (Å²) in [7, 11) is 3.40. The second kappa shape index (κ2) is 10.5. The highest BCUT2D eigenvalue weighted by Crippen LogP contribution is 2.34. The third kappa shape index (κ3) is 5.10. The quantitative estimate of drug-likeness (QED) is 0.524. The Kier molecular flexibility index (Phi) is 7.24. The van der Waals surface area contributed by atoms with Crippen LogP contribution in [0.2, 0.25) is 0 Å². The molecule has 1 aliphatic heterocycles. The van der Waals surface area contributed by atoms with Crippen LogP contribution in [0.5, 0.6) is 5.75 Å². The van der Waals surface area contributed by atoms with Gasteiger partial charge in [-0.1, -0.05) is 48.5 Å². The van der Waals surface area contributed by atoms with Gasteiger partial charge in [0.05, 0.1) is 20.3 Å². The summed E-state index contributed by atoms with van der Waals surface area (Å²) < 4.78 is 12.8. The third-order valence-electron chi connectivity index (χ3n) is 5.77. The predicted octanol–water partition coefficient (Wildman–Crippen LogP) is 2.24. The molecule has 0 bridgehead atoms. The molecule has 4 rings (SSSR count). The van der Waals surface area contributed by atoms with E-state index in [1.165, 1.54) is 5.56 Å². The summed E-state index contributed by atoms with van der Waals surface area (Å²) in [6, 6.07) is 18.7. The van der Waals surface area contributed by atoms with Crippen molar-refractivity contribution in [1.82, 2.24) is 30.0 Å². The Morgan fingerprint density at radius 3 is 2.42 bits per heavy atom. The van der Waals surface area contributed by atoms with Crippen LogP contribution < -0.4 is 4.74 Å². The minimum Gasteiger partial charge on any atom is -0.496 e. The van der Waals surface area contributed by atoms with Crippen molar-refractivity contribution in [2.45, 2.75) is 19.1 Å². The summed E-state index contributed by atoms with van der Waals surface area (Å²) in [5, 5.41) is 12.6. The minimum atomic E-state index is -0.0816. The molecule has 1 atom stereocenters. The Balaban J connectivity index is 1.56. The number of rotatable bonds is 9. The number of ether oxygens (including phenoxy) is 2. The first kappa shape index (κ1) is 21.4. The molecule has 2 heterocycles. The van der Waals surface area contributed by atoms with Gasteiger partial charge < -0.3 is 9.47 Å². The van der Waals surface area contributed by atoms with Gasteiger partial charge in [-0.3, -0.25) is 9.80 Å². The fraction of sp³-hybridized carbons (Fsp3) is 0.435. The molecule has 1 saturated heterocycles. The number of para-hydroxylation sites is 1. The van der Waals surface area contributed by atoms with E-state index in [2.05, 4.69) is 61.7 Å². The smallest absolute Gasteiger partial charge is 0.173 e. The molecule has 3 aromatic rings. The summed E-state index contributed by atoms with van der Waals surface area (Å²) in [5.74, 6) is 1.67. The number of nitrogens with zero attached hydrogens (tertiary/aromatic N) is 6. The molecule has 164 valence electrons. The molecule has 0 spiro atoms. The second-order valence-corrected chi connectivity index (χ2v) is 7.70. The maximum atomic E-state index is 5.70. The van der Waals surface area contributed by atoms with Crippen LogP contribution in [0.1, 0.15) is 23.0 Å². The molecule has 8 nitrogen and oxygen atoms in total. The van der Waals surface area contributed by atoms with Gasteiger partial charge >= 0.3 is 0 Å². The van der Waals surface area contributed by atoms with Crippen LogP contribution in [0, 0.1) is 0 Å². The molecule has 1 aliphatic rings. The summed E-state index contributed by atoms with van der Waals surface area (Å²) in [6.07, 6.45) is 0. The Morgan fingerprint density at radius 1 is 0.935 bits per heavy atom. The highest BCUT2D eigenvalue weighted by Gasteiger charge is 2.32. The highest BCUT2D eigenvalue weighted by molar-refractivity contribution is 5.39. The zero-order chi connectivity index (χ0) is 21.5. The molecule has 1 aromatic heterocycles. The largest absolute Gasteiger partial charge is 0.496 e. The number of hydrogen-bond donors (Lipinski definition) is 0. The minimum absolute atomic E-state index is 0.0816. The summed E-state index contributed by atoms with van der Waals surface area (Å²) >= 11 is 0. The molecule has 31 heavy (non-hydrogen) atoms. The number of hydrogen-bond acceptors (Lipinski definition) is 7. The fourth-order valence-corrected chi connectivity index (χ4v) is 4.16. The van der Waals surface area contributed by atoms with E-state index in [4.69, 9.17) is 9.47 Å². The molecular formula is C23H30N6O2. The lowest BCUT2D eigenvalue weighted by Crippen LogP contribution is -2.48. The van der Waals surface area contributed by atoms with Crippen LogP contribution in [-0.2, 0) is 17.8 Å². The number of aromatic nitrogens is 4. The summed E-state index contributed by atoms with van der Waals surface area (Å²) in [4.78, 5) is 4.95. The standard InChI is InChI=1S/C23H30N6O2/c1-30-17-16-29-23(24-25-26-29)22(20-10-6-7-11-21(20)31-2)28-14-12-27(13-15-28)18-19-8-4-3-5-9-19/h3-11,22H,12-18H2,1-2H3/t22-/m1/s1. The van der Waals surface area contributed by atoms with E-state index in [1.807, 2.05) is 22.9 Å². The van der Waals surface area contributed by atoms with Crippen molar-refractivity contribution >= 4 is 0 Å². The van der Waals surface area contributed by atoms with Gasteiger partial charge in [0.2, 0.25) is 0 Å². The number of piperazine rings is 1. The second-order valence-electron chi connectivity index (χ2n) is 7.70. The Hall–Kier alpha value is -2.81. The average Bonchev–Trinajstić information content (AvgIpc) is 3.28. The van der Waals surface area contributed by atoms with Crippen LogP contribution in [0.15, 0.2) is 54.6 Å². The van der Waals surface area contributed by atoms with E-state index in [0.29, 0.717) is 13.2 Å². The zero-order valence-electron chi connectivity index (χ0n) is 18.2. The normalized spacial score (nSPS) is 16.3. The van der Waals surface area contributed by atoms with Gasteiger partial charge in [0.1, 0.15) is 11.8 Å². The first-order valence-corrected chi connectivity index (χ1v) is 10.7. The van der Waals surface area contributed by atoms with Gasteiger partial charge in [-0.25, -0.2) is 4.68 Å². The fourth-order valence-electron chi connectivity index (χ4n) is 4.16. The van der Waals surface area contributed by atoms with Gasteiger partial charge in [-0.2, -0.15) is 0 Å². The summed E-state index contributed by atoms with van der Waals surface area (Å²) in [6.45, 7) is 5.96. The molecular weight excluding hydrogens is 392 g/mol. The number of tetrazole rings is 1. The lowest BCUT2D eigenvalue weighted by molar-refractivity contribution is 0.0979. The molecule has 0 aliphatic carbocycles. The van der Waals surface area contributed by atoms with Crippen LogP contribution in [0.25, 0.3) is 0 Å². The topological polar surface area (TPSA) is 68.5 Å². The van der Waals surface area contributed by atoms with Crippen LogP contribution in [0.3, 0.4) is 0 Å². The predicted molar refractivity (Wildman–Crippen MR) is 118 cm³/mol. The van der Waals surface area contributed by atoms with E-state index in [1.54, 1.807) is 14.2 Å². The molecule has 0 N–H and O–H groups in total. The monoisotopic (exact) mass is 422 g/mol. The van der Waals surface area contributed by atoms with E-state index in [-0.39, 0.29) is 6.04 Å². The van der Waals surface area contributed by atoms with Crippen molar-refractivity contribution in [3.8, 4) is 5.75 Å². The maximum absolute atomic E-state index is 5.70. The van der Waals surface area contributed by atoms with Crippen molar-refractivity contribution in [3.05, 3.63) is 71.5 Å². The Bertz CT molecular complexity index is 940. The average molecular weight is 423 g/mol. The summed E-state index contributed by atoms with van der Waals surface area (Å²) in [5.41, 5.74) is 2.43. The molecule has 1 fully saturated rings. The number of methoxy groups -OCH3 is 2. The molecule has 0 unspecified atom stereocenters. The van der Waals surface area contributed by atoms with Crippen LogP contribution in [-0.4, -0.2) is 77.0 Å². The third-order valence-corrected chi connectivity index (χ3v) is 5.77. The van der Waals surface area contributed by atoms with Crippen molar-refractivity contribution in [2.24, 2.45) is 0 Å². The van der Waals surface area contributed by atoms with E-state index < -0.39 is 0 Å². The van der Waals surface area contributed by atoms with Gasteiger partial charge in [-0.05, 0) is 22.1 Å². The van der Waals surface area contributed by atoms with E-state index in [9.17, 15) is 0 Å². The van der Waals surface area contributed by atoms with E-state index in [0.717, 1.165) is 49.9 Å². The molecule has 0 saturated carbocycles. The molecule has 0 radical (unpaired) electrons. The van der Waals surface area contributed by atoms with Crippen LogP contribution >= 0.6 is 0 Å². The lowest BCUT2D eigenvalue weighted by Gasteiger charge is -2.39. The molecule has 2 aromatic carbocycles. The van der Waals surface area contributed by atoms with Gasteiger partial charge in [0.15, 0.2) is 5.82 Å². The Labute approximate surface area is 183 Å². The van der Waals surface area contributed by atoms with Crippen molar-refractivity contribution in [2.75, 3.05) is 47.0 Å². The van der Waals surface area contributed by atoms with E-state index >= 15 is 0 Å². The van der Waals surface area contributed by atoms with Gasteiger partial charge in [0.25, 0.3) is 0 Å². The Morgan fingerprint density at radius 2 is 1.68 bits per heavy atom. The lowest BCUT2D eigenvalue weighted by atomic mass is 10.0. The SMILES string of the molecule is COCCn1nnnc1[C@@H](c1ccccc1OC)N1CCN(Cc2ccccc2)CC1. The van der Waals surface area contributed by atoms with Crippen molar-refractivity contribution in [1.29, 1.82) is 0 Å². The zero-order valence-corrected chi connectivity index (χ0v) is 18.2. The highest BCUT2D eigenvalue weighted by atomic mass is 16.5. The first-order chi connectivity index (χ1) is 15.3. The van der Waals surface area contributed by atoms with Crippen molar-refractivity contribution in [3.63, 3.8) is 0 Å². The number of benzene rings is 2. The first-order valence-electron chi connectivity index (χ1n) is 10.7. The molecule has 8 heteroatoms.